The third kappa shape index (κ3) is 4.20. The molecule has 0 aliphatic carbocycles. The predicted molar refractivity (Wildman–Crippen MR) is 116 cm³/mol. The highest BCUT2D eigenvalue weighted by Gasteiger charge is 2.29. The number of hydrogen-bond acceptors (Lipinski definition) is 4. The van der Waals surface area contributed by atoms with Crippen LogP contribution in [0.15, 0.2) is 54.6 Å². The lowest BCUT2D eigenvalue weighted by molar-refractivity contribution is -0.0588. The van der Waals surface area contributed by atoms with Gasteiger partial charge in [-0.3, -0.25) is 4.79 Å². The first kappa shape index (κ1) is 20.4. The largest absolute Gasteiger partial charge is 0.497 e. The molecule has 156 valence electrons. The normalized spacial score (nSPS) is 19.0. The summed E-state index contributed by atoms with van der Waals surface area (Å²) in [6.45, 7) is 5.06. The van der Waals surface area contributed by atoms with E-state index in [0.29, 0.717) is 29.5 Å². The number of benzene rings is 2. The molecule has 4 rings (SSSR count). The standard InChI is InChI=1S/C23H24ClN3O3/c1-15-13-26(14-16(2)30-15)23(28)22-12-21(17-4-10-20(29-3)11-5-17)25-27(22)19-8-6-18(24)7-9-19/h4-12,15-16H,13-14H2,1-3H3. The molecule has 1 aromatic heterocycles. The number of halogens is 1. The highest BCUT2D eigenvalue weighted by Crippen LogP contribution is 2.26. The summed E-state index contributed by atoms with van der Waals surface area (Å²) in [5.41, 5.74) is 2.90. The molecule has 2 heterocycles. The van der Waals surface area contributed by atoms with Crippen LogP contribution in [0.2, 0.25) is 5.02 Å². The van der Waals surface area contributed by atoms with E-state index in [9.17, 15) is 4.79 Å². The number of methoxy groups -OCH3 is 1. The van der Waals surface area contributed by atoms with Crippen molar-refractivity contribution in [2.45, 2.75) is 26.1 Å². The van der Waals surface area contributed by atoms with Crippen LogP contribution < -0.4 is 4.74 Å². The highest BCUT2D eigenvalue weighted by atomic mass is 35.5. The van der Waals surface area contributed by atoms with Crippen molar-refractivity contribution in [2.24, 2.45) is 0 Å². The molecule has 30 heavy (non-hydrogen) atoms. The van der Waals surface area contributed by atoms with Crippen LogP contribution in [0.4, 0.5) is 0 Å². The second-order valence-corrected chi connectivity index (χ2v) is 7.94. The molecule has 1 aliphatic rings. The molecule has 7 heteroatoms. The number of ether oxygens (including phenoxy) is 2. The van der Waals surface area contributed by atoms with E-state index in [2.05, 4.69) is 0 Å². The van der Waals surface area contributed by atoms with Gasteiger partial charge in [0, 0.05) is 23.7 Å². The van der Waals surface area contributed by atoms with E-state index >= 15 is 0 Å². The summed E-state index contributed by atoms with van der Waals surface area (Å²) >= 11 is 6.05. The number of aromatic nitrogens is 2. The van der Waals surface area contributed by atoms with Gasteiger partial charge in [0.25, 0.3) is 5.91 Å². The second kappa shape index (κ2) is 8.50. The van der Waals surface area contributed by atoms with E-state index in [1.165, 1.54) is 0 Å². The first-order valence-corrected chi connectivity index (χ1v) is 10.3. The number of carbonyl (C=O) groups excluding carboxylic acids is 1. The van der Waals surface area contributed by atoms with Crippen LogP contribution in [0.5, 0.6) is 5.75 Å². The Kier molecular flexibility index (Phi) is 5.79. The van der Waals surface area contributed by atoms with Crippen LogP contribution in [-0.2, 0) is 4.74 Å². The second-order valence-electron chi connectivity index (χ2n) is 7.50. The lowest BCUT2D eigenvalue weighted by atomic mass is 10.1. The van der Waals surface area contributed by atoms with Gasteiger partial charge in [-0.05, 0) is 68.4 Å². The van der Waals surface area contributed by atoms with Crippen molar-refractivity contribution in [1.29, 1.82) is 0 Å². The molecule has 1 saturated heterocycles. The summed E-state index contributed by atoms with van der Waals surface area (Å²) < 4.78 is 12.7. The summed E-state index contributed by atoms with van der Waals surface area (Å²) in [5, 5.41) is 5.37. The van der Waals surface area contributed by atoms with Crippen molar-refractivity contribution in [1.82, 2.24) is 14.7 Å². The van der Waals surface area contributed by atoms with Crippen LogP contribution >= 0.6 is 11.6 Å². The van der Waals surface area contributed by atoms with E-state index in [-0.39, 0.29) is 18.1 Å². The Labute approximate surface area is 181 Å². The molecule has 1 amide bonds. The van der Waals surface area contributed by atoms with Crippen LogP contribution in [0.25, 0.3) is 16.9 Å². The molecule has 1 fully saturated rings. The molecule has 3 aromatic rings. The molecule has 0 bridgehead atoms. The highest BCUT2D eigenvalue weighted by molar-refractivity contribution is 6.30. The molecular formula is C23H24ClN3O3. The molecule has 2 unspecified atom stereocenters. The van der Waals surface area contributed by atoms with Gasteiger partial charge in [0.1, 0.15) is 11.4 Å². The topological polar surface area (TPSA) is 56.6 Å². The van der Waals surface area contributed by atoms with Crippen molar-refractivity contribution in [2.75, 3.05) is 20.2 Å². The number of carbonyl (C=O) groups is 1. The van der Waals surface area contributed by atoms with Gasteiger partial charge in [0.05, 0.1) is 30.7 Å². The van der Waals surface area contributed by atoms with Crippen LogP contribution in [-0.4, -0.2) is 53.0 Å². The maximum Gasteiger partial charge on any atom is 0.272 e. The summed E-state index contributed by atoms with van der Waals surface area (Å²) in [4.78, 5) is 15.3. The number of hydrogen-bond donors (Lipinski definition) is 0. The van der Waals surface area contributed by atoms with E-state index in [1.54, 1.807) is 23.9 Å². The average Bonchev–Trinajstić information content (AvgIpc) is 3.18. The Morgan fingerprint density at radius 3 is 2.30 bits per heavy atom. The van der Waals surface area contributed by atoms with Gasteiger partial charge >= 0.3 is 0 Å². The van der Waals surface area contributed by atoms with Gasteiger partial charge in [0.15, 0.2) is 0 Å². The van der Waals surface area contributed by atoms with E-state index in [4.69, 9.17) is 26.2 Å². The SMILES string of the molecule is COc1ccc(-c2cc(C(=O)N3CC(C)OC(C)C3)n(-c3ccc(Cl)cc3)n2)cc1. The number of morpholine rings is 1. The fourth-order valence-electron chi connectivity index (χ4n) is 3.72. The Balaban J connectivity index is 1.75. The lowest BCUT2D eigenvalue weighted by Gasteiger charge is -2.35. The van der Waals surface area contributed by atoms with Gasteiger partial charge in [-0.1, -0.05) is 11.6 Å². The maximum atomic E-state index is 13.5. The van der Waals surface area contributed by atoms with Crippen LogP contribution in [0.3, 0.4) is 0 Å². The Morgan fingerprint density at radius 2 is 1.70 bits per heavy atom. The van der Waals surface area contributed by atoms with Crippen molar-refractivity contribution in [3.63, 3.8) is 0 Å². The van der Waals surface area contributed by atoms with Crippen molar-refractivity contribution in [3.05, 3.63) is 65.3 Å². The third-order valence-electron chi connectivity index (χ3n) is 5.09. The zero-order chi connectivity index (χ0) is 21.3. The summed E-state index contributed by atoms with van der Waals surface area (Å²) in [5.74, 6) is 0.697. The van der Waals surface area contributed by atoms with Gasteiger partial charge in [-0.25, -0.2) is 4.68 Å². The minimum absolute atomic E-state index is 0.00865. The third-order valence-corrected chi connectivity index (χ3v) is 5.34. The van der Waals surface area contributed by atoms with Gasteiger partial charge in [0.2, 0.25) is 0 Å². The van der Waals surface area contributed by atoms with E-state index < -0.39 is 0 Å². The first-order valence-electron chi connectivity index (χ1n) is 9.90. The number of rotatable bonds is 4. The minimum atomic E-state index is -0.0702. The predicted octanol–water partition coefficient (Wildman–Crippen LogP) is 4.45. The maximum absolute atomic E-state index is 13.5. The Bertz CT molecular complexity index is 1020. The zero-order valence-electron chi connectivity index (χ0n) is 17.2. The van der Waals surface area contributed by atoms with Gasteiger partial charge in [-0.15, -0.1) is 0 Å². The molecule has 2 atom stereocenters. The Morgan fingerprint density at radius 1 is 1.07 bits per heavy atom. The molecule has 6 nitrogen and oxygen atoms in total. The fourth-order valence-corrected chi connectivity index (χ4v) is 3.85. The summed E-state index contributed by atoms with van der Waals surface area (Å²) in [7, 11) is 1.63. The van der Waals surface area contributed by atoms with Gasteiger partial charge in [-0.2, -0.15) is 5.10 Å². The first-order chi connectivity index (χ1) is 14.4. The fraction of sp³-hybridized carbons (Fsp3) is 0.304. The molecule has 0 radical (unpaired) electrons. The van der Waals surface area contributed by atoms with Crippen molar-refractivity contribution >= 4 is 17.5 Å². The van der Waals surface area contributed by atoms with Crippen LogP contribution in [0, 0.1) is 0 Å². The minimum Gasteiger partial charge on any atom is -0.497 e. The monoisotopic (exact) mass is 425 g/mol. The Hall–Kier alpha value is -2.83. The molecular weight excluding hydrogens is 402 g/mol. The van der Waals surface area contributed by atoms with Gasteiger partial charge < -0.3 is 14.4 Å². The van der Waals surface area contributed by atoms with Crippen molar-refractivity contribution in [3.8, 4) is 22.7 Å². The lowest BCUT2D eigenvalue weighted by Crippen LogP contribution is -2.48. The zero-order valence-corrected chi connectivity index (χ0v) is 18.0. The summed E-state index contributed by atoms with van der Waals surface area (Å²) in [6.07, 6.45) is -0.0173. The average molecular weight is 426 g/mol. The smallest absolute Gasteiger partial charge is 0.272 e. The molecule has 0 spiro atoms. The van der Waals surface area contributed by atoms with Crippen LogP contribution in [0.1, 0.15) is 24.3 Å². The van der Waals surface area contributed by atoms with E-state index in [0.717, 1.165) is 17.0 Å². The number of amides is 1. The van der Waals surface area contributed by atoms with E-state index in [1.807, 2.05) is 61.2 Å². The number of nitrogens with zero attached hydrogens (tertiary/aromatic N) is 3. The molecule has 0 N–H and O–H groups in total. The van der Waals surface area contributed by atoms with Crippen molar-refractivity contribution < 1.29 is 14.3 Å². The summed E-state index contributed by atoms with van der Waals surface area (Å²) in [6, 6.07) is 16.7. The quantitative estimate of drug-likeness (QED) is 0.619. The molecule has 0 saturated carbocycles. The molecule has 2 aromatic carbocycles. The molecule has 1 aliphatic heterocycles.